The summed E-state index contributed by atoms with van der Waals surface area (Å²) in [5.74, 6) is -0.337. The number of nitrogens with zero attached hydrogens (tertiary/aromatic N) is 5. The molecular formula is C21H22N6O2. The molecule has 0 spiro atoms. The predicted octanol–water partition coefficient (Wildman–Crippen LogP) is 2.71. The van der Waals surface area contributed by atoms with Crippen LogP contribution in [0.15, 0.2) is 55.1 Å². The molecule has 1 saturated heterocycles. The van der Waals surface area contributed by atoms with Gasteiger partial charge in [0.25, 0.3) is 11.8 Å². The molecule has 148 valence electrons. The second-order valence-electron chi connectivity index (χ2n) is 7.09. The highest BCUT2D eigenvalue weighted by Gasteiger charge is 2.27. The van der Waals surface area contributed by atoms with Crippen LogP contribution in [-0.4, -0.2) is 49.8 Å². The molecule has 29 heavy (non-hydrogen) atoms. The molecule has 3 heterocycles. The Kier molecular flexibility index (Phi) is 5.33. The van der Waals surface area contributed by atoms with Crippen LogP contribution in [-0.2, 0) is 0 Å². The molecule has 8 nitrogen and oxygen atoms in total. The zero-order chi connectivity index (χ0) is 20.2. The number of carbonyl (C=O) groups is 2. The number of likely N-dealkylation sites (tertiary alicyclic amines) is 1. The topological polar surface area (TPSA) is 93.0 Å². The van der Waals surface area contributed by atoms with E-state index in [1.54, 1.807) is 36.8 Å². The summed E-state index contributed by atoms with van der Waals surface area (Å²) in [6, 6.07) is 9.03. The van der Waals surface area contributed by atoms with E-state index in [-0.39, 0.29) is 17.9 Å². The van der Waals surface area contributed by atoms with Gasteiger partial charge in [-0.2, -0.15) is 0 Å². The number of hydrogen-bond acceptors (Lipinski definition) is 5. The number of hydrogen-bond donors (Lipinski definition) is 1. The Bertz CT molecular complexity index is 995. The molecule has 0 saturated carbocycles. The van der Waals surface area contributed by atoms with Crippen LogP contribution in [0.3, 0.4) is 0 Å². The van der Waals surface area contributed by atoms with Gasteiger partial charge < -0.3 is 10.2 Å². The fourth-order valence-electron chi connectivity index (χ4n) is 3.62. The Labute approximate surface area is 168 Å². The normalized spacial score (nSPS) is 14.6. The summed E-state index contributed by atoms with van der Waals surface area (Å²) in [6.45, 7) is 3.15. The van der Waals surface area contributed by atoms with Crippen LogP contribution >= 0.6 is 0 Å². The summed E-state index contributed by atoms with van der Waals surface area (Å²) in [5, 5.41) is 10.8. The van der Waals surface area contributed by atoms with E-state index in [9.17, 15) is 9.59 Å². The molecule has 1 fully saturated rings. The monoisotopic (exact) mass is 390 g/mol. The lowest BCUT2D eigenvalue weighted by Crippen LogP contribution is -2.39. The van der Waals surface area contributed by atoms with Crippen LogP contribution in [0.2, 0.25) is 0 Å². The molecule has 0 unspecified atom stereocenters. The molecule has 1 aromatic carbocycles. The number of anilines is 1. The minimum Gasteiger partial charge on any atom is -0.338 e. The standard InChI is InChI=1S/C21H22N6O2/c1-15-3-2-4-18(19(15)24-20(28)16-5-9-22-10-6-16)21(29)26-12-7-17(8-13-26)27-14-11-23-25-27/h2-6,9-11,14,17H,7-8,12-13H2,1H3,(H,24,28). The highest BCUT2D eigenvalue weighted by Crippen LogP contribution is 2.27. The number of amides is 2. The lowest BCUT2D eigenvalue weighted by Gasteiger charge is -2.32. The van der Waals surface area contributed by atoms with Crippen molar-refractivity contribution in [2.24, 2.45) is 0 Å². The van der Waals surface area contributed by atoms with Gasteiger partial charge in [-0.3, -0.25) is 14.6 Å². The quantitative estimate of drug-likeness (QED) is 0.739. The molecule has 4 rings (SSSR count). The van der Waals surface area contributed by atoms with E-state index in [1.807, 2.05) is 34.8 Å². The minimum atomic E-state index is -0.263. The summed E-state index contributed by atoms with van der Waals surface area (Å²) < 4.78 is 1.86. The average molecular weight is 390 g/mol. The fraction of sp³-hybridized carbons (Fsp3) is 0.286. The number of aromatic nitrogens is 4. The zero-order valence-corrected chi connectivity index (χ0v) is 16.2. The van der Waals surface area contributed by atoms with Crippen molar-refractivity contribution in [2.45, 2.75) is 25.8 Å². The molecule has 0 atom stereocenters. The third-order valence-corrected chi connectivity index (χ3v) is 5.25. The maximum atomic E-state index is 13.2. The van der Waals surface area contributed by atoms with Gasteiger partial charge in [-0.25, -0.2) is 4.68 Å². The number of benzene rings is 1. The van der Waals surface area contributed by atoms with E-state index in [1.165, 1.54) is 0 Å². The summed E-state index contributed by atoms with van der Waals surface area (Å²) in [5.41, 5.74) is 2.40. The van der Waals surface area contributed by atoms with E-state index >= 15 is 0 Å². The molecule has 2 amide bonds. The van der Waals surface area contributed by atoms with Crippen molar-refractivity contribution in [1.82, 2.24) is 24.9 Å². The number of nitrogens with one attached hydrogen (secondary N) is 1. The van der Waals surface area contributed by atoms with Gasteiger partial charge in [-0.1, -0.05) is 17.3 Å². The van der Waals surface area contributed by atoms with E-state index in [0.717, 1.165) is 18.4 Å². The van der Waals surface area contributed by atoms with Crippen LogP contribution in [0.1, 0.15) is 45.2 Å². The Morgan fingerprint density at radius 2 is 1.83 bits per heavy atom. The van der Waals surface area contributed by atoms with Crippen LogP contribution in [0.25, 0.3) is 0 Å². The van der Waals surface area contributed by atoms with Crippen molar-refractivity contribution in [1.29, 1.82) is 0 Å². The number of aryl methyl sites for hydroxylation is 1. The summed E-state index contributed by atoms with van der Waals surface area (Å²) >= 11 is 0. The third-order valence-electron chi connectivity index (χ3n) is 5.25. The Hall–Kier alpha value is -3.55. The minimum absolute atomic E-state index is 0.0734. The lowest BCUT2D eigenvalue weighted by atomic mass is 10.0. The molecule has 8 heteroatoms. The fourth-order valence-corrected chi connectivity index (χ4v) is 3.62. The van der Waals surface area contributed by atoms with Crippen molar-refractivity contribution < 1.29 is 9.59 Å². The second kappa shape index (κ2) is 8.22. The first kappa shape index (κ1) is 18.8. The van der Waals surface area contributed by atoms with Crippen molar-refractivity contribution in [3.8, 4) is 0 Å². The molecule has 1 aliphatic heterocycles. The van der Waals surface area contributed by atoms with Gasteiger partial charge in [-0.05, 0) is 43.5 Å². The number of piperidine rings is 1. The Balaban J connectivity index is 1.50. The van der Waals surface area contributed by atoms with Gasteiger partial charge in [-0.15, -0.1) is 5.10 Å². The number of rotatable bonds is 4. The first-order valence-electron chi connectivity index (χ1n) is 9.59. The average Bonchev–Trinajstić information content (AvgIpc) is 3.30. The van der Waals surface area contributed by atoms with E-state index in [0.29, 0.717) is 29.9 Å². The van der Waals surface area contributed by atoms with Crippen molar-refractivity contribution in [3.05, 3.63) is 71.8 Å². The maximum absolute atomic E-state index is 13.2. The predicted molar refractivity (Wildman–Crippen MR) is 108 cm³/mol. The first-order valence-corrected chi connectivity index (χ1v) is 9.59. The second-order valence-corrected chi connectivity index (χ2v) is 7.09. The molecule has 1 aliphatic rings. The van der Waals surface area contributed by atoms with Crippen molar-refractivity contribution in [2.75, 3.05) is 18.4 Å². The summed E-state index contributed by atoms with van der Waals surface area (Å²) in [7, 11) is 0. The van der Waals surface area contributed by atoms with Crippen LogP contribution in [0.5, 0.6) is 0 Å². The van der Waals surface area contributed by atoms with Gasteiger partial charge in [0, 0.05) is 37.2 Å². The number of carbonyl (C=O) groups excluding carboxylic acids is 2. The molecule has 0 bridgehead atoms. The van der Waals surface area contributed by atoms with Crippen LogP contribution < -0.4 is 5.32 Å². The number of pyridine rings is 1. The summed E-state index contributed by atoms with van der Waals surface area (Å²) in [4.78, 5) is 31.6. The van der Waals surface area contributed by atoms with E-state index < -0.39 is 0 Å². The molecule has 1 N–H and O–H groups in total. The Morgan fingerprint density at radius 3 is 2.52 bits per heavy atom. The molecular weight excluding hydrogens is 368 g/mol. The van der Waals surface area contributed by atoms with Crippen molar-refractivity contribution in [3.63, 3.8) is 0 Å². The van der Waals surface area contributed by atoms with Gasteiger partial charge >= 0.3 is 0 Å². The maximum Gasteiger partial charge on any atom is 0.255 e. The number of para-hydroxylation sites is 1. The van der Waals surface area contributed by atoms with Crippen molar-refractivity contribution >= 4 is 17.5 Å². The smallest absolute Gasteiger partial charge is 0.255 e. The van der Waals surface area contributed by atoms with E-state index in [2.05, 4.69) is 20.6 Å². The Morgan fingerprint density at radius 1 is 1.07 bits per heavy atom. The lowest BCUT2D eigenvalue weighted by molar-refractivity contribution is 0.0690. The van der Waals surface area contributed by atoms with Gasteiger partial charge in [0.05, 0.1) is 23.5 Å². The third kappa shape index (κ3) is 4.01. The largest absolute Gasteiger partial charge is 0.338 e. The highest BCUT2D eigenvalue weighted by molar-refractivity contribution is 6.09. The molecule has 0 aliphatic carbocycles. The SMILES string of the molecule is Cc1cccc(C(=O)N2CCC(n3ccnn3)CC2)c1NC(=O)c1ccncc1. The highest BCUT2D eigenvalue weighted by atomic mass is 16.2. The van der Waals surface area contributed by atoms with Gasteiger partial charge in [0.2, 0.25) is 0 Å². The molecule has 3 aromatic rings. The van der Waals surface area contributed by atoms with Crippen LogP contribution in [0.4, 0.5) is 5.69 Å². The molecule has 0 radical (unpaired) electrons. The van der Waals surface area contributed by atoms with Gasteiger partial charge in [0.15, 0.2) is 0 Å². The van der Waals surface area contributed by atoms with Crippen LogP contribution in [0, 0.1) is 6.92 Å². The van der Waals surface area contributed by atoms with Gasteiger partial charge in [0.1, 0.15) is 0 Å². The zero-order valence-electron chi connectivity index (χ0n) is 16.2. The van der Waals surface area contributed by atoms with E-state index in [4.69, 9.17) is 0 Å². The first-order chi connectivity index (χ1) is 14.1. The summed E-state index contributed by atoms with van der Waals surface area (Å²) in [6.07, 6.45) is 8.30. The molecule has 2 aromatic heterocycles.